The first kappa shape index (κ1) is 8.42. The van der Waals surface area contributed by atoms with Gasteiger partial charge in [0, 0.05) is 11.6 Å². The molecule has 0 unspecified atom stereocenters. The minimum Gasteiger partial charge on any atom is -0.207 e. The Morgan fingerprint density at radius 3 is 2.77 bits per heavy atom. The zero-order chi connectivity index (χ0) is 9.42. The first-order chi connectivity index (χ1) is 6.18. The monoisotopic (exact) mass is 180 g/mol. The highest BCUT2D eigenvalue weighted by Gasteiger charge is 2.15. The topological polar surface area (TPSA) is 0 Å². The molecule has 0 saturated carbocycles. The summed E-state index contributed by atoms with van der Waals surface area (Å²) in [6.45, 7) is 1.86. The highest BCUT2D eigenvalue weighted by molar-refractivity contribution is 5.68. The summed E-state index contributed by atoms with van der Waals surface area (Å²) in [6.07, 6.45) is 3.60. The zero-order valence-corrected chi connectivity index (χ0v) is 7.40. The van der Waals surface area contributed by atoms with Crippen molar-refractivity contribution in [3.05, 3.63) is 41.0 Å². The Kier molecular flexibility index (Phi) is 1.91. The molecule has 1 aliphatic rings. The molecule has 0 bridgehead atoms. The first-order valence-corrected chi connectivity index (χ1v) is 4.33. The Hall–Kier alpha value is -1.18. The number of aryl methyl sites for hydroxylation is 1. The average Bonchev–Trinajstić information content (AvgIpc) is 2.02. The van der Waals surface area contributed by atoms with Crippen molar-refractivity contribution in [1.82, 2.24) is 0 Å². The fourth-order valence-electron chi connectivity index (χ4n) is 1.81. The third-order valence-electron chi connectivity index (χ3n) is 2.40. The first-order valence-electron chi connectivity index (χ1n) is 4.33. The van der Waals surface area contributed by atoms with Crippen LogP contribution in [0.2, 0.25) is 0 Å². The molecule has 0 aromatic heterocycles. The minimum atomic E-state index is -0.481. The van der Waals surface area contributed by atoms with Crippen molar-refractivity contribution >= 4 is 5.57 Å². The van der Waals surface area contributed by atoms with E-state index in [-0.39, 0.29) is 0 Å². The highest BCUT2D eigenvalue weighted by Crippen LogP contribution is 2.28. The van der Waals surface area contributed by atoms with E-state index in [2.05, 4.69) is 0 Å². The molecule has 1 aromatic carbocycles. The van der Waals surface area contributed by atoms with Gasteiger partial charge in [-0.05, 0) is 37.0 Å². The number of halogens is 2. The molecule has 13 heavy (non-hydrogen) atoms. The molecule has 0 fully saturated rings. The van der Waals surface area contributed by atoms with Crippen LogP contribution < -0.4 is 0 Å². The van der Waals surface area contributed by atoms with E-state index in [1.54, 1.807) is 0 Å². The number of rotatable bonds is 0. The number of benzene rings is 1. The van der Waals surface area contributed by atoms with Gasteiger partial charge in [-0.2, -0.15) is 0 Å². The summed E-state index contributed by atoms with van der Waals surface area (Å²) in [5.74, 6) is -0.922. The average molecular weight is 180 g/mol. The molecule has 0 nitrogen and oxygen atoms in total. The predicted octanol–water partition coefficient (Wildman–Crippen LogP) is 3.31. The van der Waals surface area contributed by atoms with Crippen LogP contribution in [0.5, 0.6) is 0 Å². The summed E-state index contributed by atoms with van der Waals surface area (Å²) in [7, 11) is 0. The van der Waals surface area contributed by atoms with Crippen molar-refractivity contribution < 1.29 is 8.78 Å². The fraction of sp³-hybridized carbons (Fsp3) is 0.273. The van der Waals surface area contributed by atoms with E-state index in [1.165, 1.54) is 6.07 Å². The van der Waals surface area contributed by atoms with Crippen LogP contribution in [-0.2, 0) is 6.42 Å². The van der Waals surface area contributed by atoms with Gasteiger partial charge in [0.2, 0.25) is 0 Å². The molecule has 0 radical (unpaired) electrons. The van der Waals surface area contributed by atoms with Crippen LogP contribution in [-0.4, -0.2) is 0 Å². The van der Waals surface area contributed by atoms with Crippen molar-refractivity contribution in [2.24, 2.45) is 0 Å². The van der Waals surface area contributed by atoms with E-state index in [1.807, 2.05) is 13.0 Å². The Balaban J connectivity index is 2.66. The van der Waals surface area contributed by atoms with E-state index in [4.69, 9.17) is 0 Å². The molecular weight excluding hydrogens is 170 g/mol. The predicted molar refractivity (Wildman–Crippen MR) is 48.3 cm³/mol. The maximum atomic E-state index is 13.3. The summed E-state index contributed by atoms with van der Waals surface area (Å²) in [4.78, 5) is 0. The number of hydrogen-bond donors (Lipinski definition) is 0. The largest absolute Gasteiger partial charge is 0.207 e. The number of fused-ring (bicyclic) bond motifs is 1. The van der Waals surface area contributed by atoms with Crippen LogP contribution in [0.4, 0.5) is 8.78 Å². The molecule has 0 aliphatic heterocycles. The Labute approximate surface area is 75.9 Å². The van der Waals surface area contributed by atoms with Crippen LogP contribution in [0.25, 0.3) is 5.57 Å². The van der Waals surface area contributed by atoms with Gasteiger partial charge in [-0.25, -0.2) is 8.78 Å². The molecule has 0 spiro atoms. The maximum Gasteiger partial charge on any atom is 0.133 e. The van der Waals surface area contributed by atoms with Gasteiger partial charge in [-0.1, -0.05) is 6.08 Å². The lowest BCUT2D eigenvalue weighted by Gasteiger charge is -2.15. The van der Waals surface area contributed by atoms with Crippen LogP contribution >= 0.6 is 0 Å². The Bertz CT molecular complexity index is 378. The van der Waals surface area contributed by atoms with Gasteiger partial charge >= 0.3 is 0 Å². The standard InChI is InChI=1S/C11H10F2/c1-7-3-2-4-8-5-9(12)6-10(13)11(7)8/h3,5-6H,2,4H2,1H3. The van der Waals surface area contributed by atoms with Crippen molar-refractivity contribution in [2.75, 3.05) is 0 Å². The Morgan fingerprint density at radius 2 is 2.00 bits per heavy atom. The third-order valence-corrected chi connectivity index (χ3v) is 2.40. The normalized spacial score (nSPS) is 15.2. The van der Waals surface area contributed by atoms with Crippen LogP contribution in [0, 0.1) is 11.6 Å². The molecule has 1 aromatic rings. The summed E-state index contributed by atoms with van der Waals surface area (Å²) >= 11 is 0. The van der Waals surface area contributed by atoms with Gasteiger partial charge in [0.1, 0.15) is 11.6 Å². The van der Waals surface area contributed by atoms with E-state index in [9.17, 15) is 8.78 Å². The van der Waals surface area contributed by atoms with Crippen molar-refractivity contribution in [2.45, 2.75) is 19.8 Å². The molecule has 0 saturated heterocycles. The molecule has 0 atom stereocenters. The molecule has 2 rings (SSSR count). The lowest BCUT2D eigenvalue weighted by Crippen LogP contribution is -2.02. The highest BCUT2D eigenvalue weighted by atomic mass is 19.1. The third kappa shape index (κ3) is 1.37. The van der Waals surface area contributed by atoms with Gasteiger partial charge < -0.3 is 0 Å². The number of allylic oxidation sites excluding steroid dienone is 2. The molecular formula is C11H10F2. The van der Waals surface area contributed by atoms with E-state index >= 15 is 0 Å². The van der Waals surface area contributed by atoms with Gasteiger partial charge in [0.05, 0.1) is 0 Å². The quantitative estimate of drug-likeness (QED) is 0.574. The second kappa shape index (κ2) is 2.95. The Morgan fingerprint density at radius 1 is 1.23 bits per heavy atom. The lowest BCUT2D eigenvalue weighted by atomic mass is 9.91. The van der Waals surface area contributed by atoms with Crippen LogP contribution in [0.1, 0.15) is 24.5 Å². The van der Waals surface area contributed by atoms with Crippen molar-refractivity contribution in [3.8, 4) is 0 Å². The molecule has 68 valence electrons. The lowest BCUT2D eigenvalue weighted by molar-refractivity contribution is 0.576. The zero-order valence-electron chi connectivity index (χ0n) is 7.40. The smallest absolute Gasteiger partial charge is 0.133 e. The van der Waals surface area contributed by atoms with E-state index < -0.39 is 11.6 Å². The maximum absolute atomic E-state index is 13.3. The summed E-state index contributed by atoms with van der Waals surface area (Å²) in [5, 5.41) is 0. The van der Waals surface area contributed by atoms with Gasteiger partial charge in [-0.15, -0.1) is 0 Å². The summed E-state index contributed by atoms with van der Waals surface area (Å²) in [6, 6.07) is 2.37. The summed E-state index contributed by atoms with van der Waals surface area (Å²) in [5.41, 5.74) is 2.30. The van der Waals surface area contributed by atoms with Gasteiger partial charge in [0.25, 0.3) is 0 Å². The van der Waals surface area contributed by atoms with Crippen LogP contribution in [0.15, 0.2) is 18.2 Å². The molecule has 0 N–H and O–H groups in total. The molecule has 0 amide bonds. The minimum absolute atomic E-state index is 0.441. The van der Waals surface area contributed by atoms with Gasteiger partial charge in [0.15, 0.2) is 0 Å². The fourth-order valence-corrected chi connectivity index (χ4v) is 1.81. The van der Waals surface area contributed by atoms with E-state index in [0.717, 1.165) is 30.0 Å². The SMILES string of the molecule is CC1=CCCc2cc(F)cc(F)c21. The second-order valence-corrected chi connectivity index (χ2v) is 3.35. The van der Waals surface area contributed by atoms with Gasteiger partial charge in [-0.3, -0.25) is 0 Å². The molecule has 2 heteroatoms. The molecule has 1 aliphatic carbocycles. The van der Waals surface area contributed by atoms with Crippen molar-refractivity contribution in [1.29, 1.82) is 0 Å². The van der Waals surface area contributed by atoms with Crippen LogP contribution in [0.3, 0.4) is 0 Å². The van der Waals surface area contributed by atoms with Crippen molar-refractivity contribution in [3.63, 3.8) is 0 Å². The second-order valence-electron chi connectivity index (χ2n) is 3.35. The number of hydrogen-bond acceptors (Lipinski definition) is 0. The summed E-state index contributed by atoms with van der Waals surface area (Å²) < 4.78 is 26.1. The molecule has 0 heterocycles. The van der Waals surface area contributed by atoms with E-state index in [0.29, 0.717) is 5.56 Å².